The number of carbonyl (C=O) groups excluding carboxylic acids is 1. The number of hydrogen-bond acceptors (Lipinski definition) is 1. The van der Waals surface area contributed by atoms with Gasteiger partial charge in [-0.2, -0.15) is 0 Å². The molecule has 1 rings (SSSR count). The zero-order valence-electron chi connectivity index (χ0n) is 10.3. The van der Waals surface area contributed by atoms with Crippen LogP contribution in [0.4, 0.5) is 0 Å². The number of nitrogens with one attached hydrogen (secondary N) is 1. The summed E-state index contributed by atoms with van der Waals surface area (Å²) in [4.78, 5) is 12.2. The molecular weight excluding hydrogens is 428 g/mol. The number of rotatable bonds is 5. The van der Waals surface area contributed by atoms with Gasteiger partial charge in [0.25, 0.3) is 5.91 Å². The SMILES string of the molecule is CC(C)CC(CCl)NC(=O)c1cc(I)ccc1Br. The number of amides is 1. The molecule has 1 N–H and O–H groups in total. The Balaban J connectivity index is 2.77. The van der Waals surface area contributed by atoms with E-state index >= 15 is 0 Å². The molecule has 1 atom stereocenters. The van der Waals surface area contributed by atoms with Crippen LogP contribution in [0.1, 0.15) is 30.6 Å². The van der Waals surface area contributed by atoms with Crippen LogP contribution in [-0.2, 0) is 0 Å². The van der Waals surface area contributed by atoms with Crippen molar-refractivity contribution in [3.63, 3.8) is 0 Å². The van der Waals surface area contributed by atoms with Gasteiger partial charge in [-0.25, -0.2) is 0 Å². The summed E-state index contributed by atoms with van der Waals surface area (Å²) in [5, 5.41) is 2.98. The Morgan fingerprint density at radius 1 is 1.50 bits per heavy atom. The Morgan fingerprint density at radius 2 is 2.17 bits per heavy atom. The number of carbonyl (C=O) groups is 1. The molecule has 1 amide bonds. The van der Waals surface area contributed by atoms with E-state index in [0.29, 0.717) is 17.4 Å². The van der Waals surface area contributed by atoms with Crippen LogP contribution in [0.3, 0.4) is 0 Å². The molecule has 0 radical (unpaired) electrons. The number of halogens is 3. The summed E-state index contributed by atoms with van der Waals surface area (Å²) >= 11 is 11.5. The second kappa shape index (κ2) is 7.70. The zero-order valence-corrected chi connectivity index (χ0v) is 14.8. The van der Waals surface area contributed by atoms with Gasteiger partial charge in [0.15, 0.2) is 0 Å². The van der Waals surface area contributed by atoms with Crippen molar-refractivity contribution < 1.29 is 4.79 Å². The molecule has 0 aliphatic heterocycles. The maximum Gasteiger partial charge on any atom is 0.252 e. The number of benzene rings is 1. The van der Waals surface area contributed by atoms with Gasteiger partial charge in [0.05, 0.1) is 5.56 Å². The van der Waals surface area contributed by atoms with E-state index in [9.17, 15) is 4.79 Å². The molecule has 0 saturated carbocycles. The van der Waals surface area contributed by atoms with Gasteiger partial charge in [-0.15, -0.1) is 11.6 Å². The standard InChI is InChI=1S/C13H16BrClINO/c1-8(2)5-10(7-15)17-13(18)11-6-9(16)3-4-12(11)14/h3-4,6,8,10H,5,7H2,1-2H3,(H,17,18). The summed E-state index contributed by atoms with van der Waals surface area (Å²) < 4.78 is 1.84. The van der Waals surface area contributed by atoms with Crippen molar-refractivity contribution in [2.45, 2.75) is 26.3 Å². The van der Waals surface area contributed by atoms with Crippen LogP contribution in [0.25, 0.3) is 0 Å². The van der Waals surface area contributed by atoms with E-state index in [2.05, 4.69) is 57.7 Å². The monoisotopic (exact) mass is 443 g/mol. The molecule has 0 saturated heterocycles. The van der Waals surface area contributed by atoms with E-state index in [1.165, 1.54) is 0 Å². The molecule has 0 fully saturated rings. The van der Waals surface area contributed by atoms with Gasteiger partial charge in [0, 0.05) is 20.0 Å². The van der Waals surface area contributed by atoms with Gasteiger partial charge in [-0.1, -0.05) is 13.8 Å². The Bertz CT molecular complexity index is 425. The highest BCUT2D eigenvalue weighted by molar-refractivity contribution is 14.1. The molecule has 0 spiro atoms. The lowest BCUT2D eigenvalue weighted by Gasteiger charge is -2.18. The third kappa shape index (κ3) is 5.05. The number of alkyl halides is 1. The van der Waals surface area contributed by atoms with Crippen molar-refractivity contribution in [1.29, 1.82) is 0 Å². The van der Waals surface area contributed by atoms with E-state index in [0.717, 1.165) is 14.5 Å². The molecule has 0 aromatic heterocycles. The van der Waals surface area contributed by atoms with Crippen LogP contribution in [-0.4, -0.2) is 17.8 Å². The predicted molar refractivity (Wildman–Crippen MR) is 88.3 cm³/mol. The second-order valence-electron chi connectivity index (χ2n) is 4.58. The summed E-state index contributed by atoms with van der Waals surface area (Å²) in [6.07, 6.45) is 0.886. The van der Waals surface area contributed by atoms with E-state index in [1.54, 1.807) is 0 Å². The Labute approximate surface area is 135 Å². The quantitative estimate of drug-likeness (QED) is 0.528. The van der Waals surface area contributed by atoms with Gasteiger partial charge in [0.1, 0.15) is 0 Å². The Hall–Kier alpha value is 0.190. The fourth-order valence-electron chi connectivity index (χ4n) is 1.66. The maximum absolute atomic E-state index is 12.2. The third-order valence-electron chi connectivity index (χ3n) is 2.45. The van der Waals surface area contributed by atoms with E-state index < -0.39 is 0 Å². The van der Waals surface area contributed by atoms with E-state index in [1.807, 2.05) is 18.2 Å². The van der Waals surface area contributed by atoms with Crippen molar-refractivity contribution in [2.24, 2.45) is 5.92 Å². The van der Waals surface area contributed by atoms with Crippen molar-refractivity contribution in [1.82, 2.24) is 5.32 Å². The Morgan fingerprint density at radius 3 is 2.72 bits per heavy atom. The summed E-state index contributed by atoms with van der Waals surface area (Å²) in [6, 6.07) is 5.72. The van der Waals surface area contributed by atoms with E-state index in [4.69, 9.17) is 11.6 Å². The molecule has 0 bridgehead atoms. The average molecular weight is 445 g/mol. The molecule has 2 nitrogen and oxygen atoms in total. The summed E-state index contributed by atoms with van der Waals surface area (Å²) in [5.74, 6) is 0.867. The zero-order chi connectivity index (χ0) is 13.7. The van der Waals surface area contributed by atoms with Crippen molar-refractivity contribution in [3.05, 3.63) is 31.8 Å². The highest BCUT2D eigenvalue weighted by Crippen LogP contribution is 2.20. The summed E-state index contributed by atoms with van der Waals surface area (Å²) in [6.45, 7) is 4.24. The smallest absolute Gasteiger partial charge is 0.252 e. The van der Waals surface area contributed by atoms with Crippen LogP contribution < -0.4 is 5.32 Å². The van der Waals surface area contributed by atoms with Gasteiger partial charge in [-0.05, 0) is 69.1 Å². The van der Waals surface area contributed by atoms with Gasteiger partial charge in [-0.3, -0.25) is 4.79 Å². The number of hydrogen-bond donors (Lipinski definition) is 1. The van der Waals surface area contributed by atoms with Crippen LogP contribution >= 0.6 is 50.1 Å². The molecule has 0 aliphatic rings. The molecular formula is C13H16BrClINO. The predicted octanol–water partition coefficient (Wildman–Crippen LogP) is 4.44. The minimum atomic E-state index is -0.0771. The molecule has 1 unspecified atom stereocenters. The fraction of sp³-hybridized carbons (Fsp3) is 0.462. The minimum absolute atomic E-state index is 0.0175. The first-order chi connectivity index (χ1) is 8.43. The second-order valence-corrected chi connectivity index (χ2v) is 6.99. The van der Waals surface area contributed by atoms with Gasteiger partial charge in [0.2, 0.25) is 0 Å². The lowest BCUT2D eigenvalue weighted by molar-refractivity contribution is 0.0936. The van der Waals surface area contributed by atoms with Crippen molar-refractivity contribution in [3.8, 4) is 0 Å². The minimum Gasteiger partial charge on any atom is -0.348 e. The summed E-state index contributed by atoms with van der Waals surface area (Å²) in [5.41, 5.74) is 0.653. The average Bonchev–Trinajstić information content (AvgIpc) is 2.30. The van der Waals surface area contributed by atoms with Crippen LogP contribution in [0.15, 0.2) is 22.7 Å². The summed E-state index contributed by atoms with van der Waals surface area (Å²) in [7, 11) is 0. The molecule has 1 aromatic carbocycles. The van der Waals surface area contributed by atoms with Crippen molar-refractivity contribution >= 4 is 56.0 Å². The first kappa shape index (κ1) is 16.2. The molecule has 0 aliphatic carbocycles. The molecule has 5 heteroatoms. The van der Waals surface area contributed by atoms with E-state index in [-0.39, 0.29) is 11.9 Å². The molecule has 18 heavy (non-hydrogen) atoms. The molecule has 0 heterocycles. The maximum atomic E-state index is 12.2. The first-order valence-electron chi connectivity index (χ1n) is 5.76. The topological polar surface area (TPSA) is 29.1 Å². The van der Waals surface area contributed by atoms with Crippen LogP contribution in [0.2, 0.25) is 0 Å². The van der Waals surface area contributed by atoms with Crippen LogP contribution in [0.5, 0.6) is 0 Å². The van der Waals surface area contributed by atoms with Crippen molar-refractivity contribution in [2.75, 3.05) is 5.88 Å². The first-order valence-corrected chi connectivity index (χ1v) is 8.16. The highest BCUT2D eigenvalue weighted by Gasteiger charge is 2.16. The Kier molecular flexibility index (Phi) is 6.95. The normalized spacial score (nSPS) is 12.6. The van der Waals surface area contributed by atoms with Gasteiger partial charge >= 0.3 is 0 Å². The van der Waals surface area contributed by atoms with Crippen LogP contribution in [0, 0.1) is 9.49 Å². The lowest BCUT2D eigenvalue weighted by atomic mass is 10.0. The third-order valence-corrected chi connectivity index (χ3v) is 4.19. The largest absolute Gasteiger partial charge is 0.348 e. The lowest BCUT2D eigenvalue weighted by Crippen LogP contribution is -2.37. The molecule has 1 aromatic rings. The highest BCUT2D eigenvalue weighted by atomic mass is 127. The van der Waals surface area contributed by atoms with Gasteiger partial charge < -0.3 is 5.32 Å². The molecule has 100 valence electrons. The fourth-order valence-corrected chi connectivity index (χ4v) is 2.79.